The zero-order valence-electron chi connectivity index (χ0n) is 10.5. The third-order valence-electron chi connectivity index (χ3n) is 3.24. The molecule has 17 heavy (non-hydrogen) atoms. The lowest BCUT2D eigenvalue weighted by Crippen LogP contribution is -2.35. The highest BCUT2D eigenvalue weighted by atomic mass is 16.5. The first-order valence-corrected chi connectivity index (χ1v) is 6.18. The van der Waals surface area contributed by atoms with Crippen molar-refractivity contribution in [2.45, 2.75) is 32.7 Å². The molecule has 1 amide bonds. The molecule has 1 aromatic carbocycles. The van der Waals surface area contributed by atoms with Crippen molar-refractivity contribution in [3.63, 3.8) is 0 Å². The van der Waals surface area contributed by atoms with Crippen LogP contribution in [0.15, 0.2) is 18.2 Å². The Morgan fingerprint density at radius 3 is 2.94 bits per heavy atom. The zero-order valence-corrected chi connectivity index (χ0v) is 10.5. The van der Waals surface area contributed by atoms with Gasteiger partial charge in [-0.15, -0.1) is 0 Å². The molecule has 0 radical (unpaired) electrons. The fraction of sp³-hybridized carbons (Fsp3) is 0.500. The summed E-state index contributed by atoms with van der Waals surface area (Å²) < 4.78 is 5.21. The average molecular weight is 233 g/mol. The summed E-state index contributed by atoms with van der Waals surface area (Å²) in [4.78, 5) is 13.8. The second kappa shape index (κ2) is 5.21. The van der Waals surface area contributed by atoms with Gasteiger partial charge in [-0.05, 0) is 36.1 Å². The van der Waals surface area contributed by atoms with Gasteiger partial charge >= 0.3 is 0 Å². The fourth-order valence-corrected chi connectivity index (χ4v) is 2.24. The second-order valence-electron chi connectivity index (χ2n) is 4.45. The molecule has 1 heterocycles. The first-order chi connectivity index (χ1) is 8.24. The first-order valence-electron chi connectivity index (χ1n) is 6.18. The van der Waals surface area contributed by atoms with Crippen molar-refractivity contribution in [2.24, 2.45) is 0 Å². The van der Waals surface area contributed by atoms with Crippen molar-refractivity contribution in [2.75, 3.05) is 13.7 Å². The van der Waals surface area contributed by atoms with Crippen LogP contribution in [0, 0.1) is 0 Å². The van der Waals surface area contributed by atoms with Gasteiger partial charge in [-0.25, -0.2) is 0 Å². The number of hydrogen-bond donors (Lipinski definition) is 0. The smallest absolute Gasteiger partial charge is 0.222 e. The van der Waals surface area contributed by atoms with Gasteiger partial charge in [0.15, 0.2) is 0 Å². The van der Waals surface area contributed by atoms with Crippen LogP contribution >= 0.6 is 0 Å². The molecule has 2 rings (SSSR count). The summed E-state index contributed by atoms with van der Waals surface area (Å²) in [7, 11) is 1.68. The van der Waals surface area contributed by atoms with Crippen LogP contribution in [-0.2, 0) is 17.8 Å². The van der Waals surface area contributed by atoms with E-state index < -0.39 is 0 Å². The predicted octanol–water partition coefficient (Wildman–Crippen LogP) is 2.38. The van der Waals surface area contributed by atoms with Crippen molar-refractivity contribution >= 4 is 5.91 Å². The molecule has 0 atom stereocenters. The molecule has 0 saturated heterocycles. The van der Waals surface area contributed by atoms with Crippen LogP contribution < -0.4 is 4.74 Å². The minimum Gasteiger partial charge on any atom is -0.497 e. The lowest BCUT2D eigenvalue weighted by Gasteiger charge is -2.29. The van der Waals surface area contributed by atoms with Crippen LogP contribution in [0.1, 0.15) is 30.9 Å². The molecule has 3 nitrogen and oxygen atoms in total. The van der Waals surface area contributed by atoms with Crippen LogP contribution in [-0.4, -0.2) is 24.5 Å². The number of carbonyl (C=O) groups is 1. The summed E-state index contributed by atoms with van der Waals surface area (Å²) in [6.45, 7) is 3.62. The Morgan fingerprint density at radius 1 is 1.41 bits per heavy atom. The Bertz CT molecular complexity index is 415. The topological polar surface area (TPSA) is 29.5 Å². The van der Waals surface area contributed by atoms with Crippen LogP contribution in [0.4, 0.5) is 0 Å². The minimum atomic E-state index is 0.272. The van der Waals surface area contributed by atoms with E-state index in [2.05, 4.69) is 12.1 Å². The maximum atomic E-state index is 11.8. The van der Waals surface area contributed by atoms with Gasteiger partial charge < -0.3 is 9.64 Å². The Morgan fingerprint density at radius 2 is 2.24 bits per heavy atom. The summed E-state index contributed by atoms with van der Waals surface area (Å²) in [6.07, 6.45) is 2.51. The molecule has 0 unspecified atom stereocenters. The van der Waals surface area contributed by atoms with Gasteiger partial charge in [-0.3, -0.25) is 4.79 Å². The van der Waals surface area contributed by atoms with Crippen molar-refractivity contribution in [3.05, 3.63) is 29.3 Å². The third-order valence-corrected chi connectivity index (χ3v) is 3.24. The summed E-state index contributed by atoms with van der Waals surface area (Å²) in [5, 5.41) is 0. The van der Waals surface area contributed by atoms with Crippen LogP contribution in [0.3, 0.4) is 0 Å². The SMILES string of the molecule is CCCC(=O)N1CCc2cc(OC)ccc2C1. The van der Waals surface area contributed by atoms with Gasteiger partial charge in [-0.2, -0.15) is 0 Å². The maximum Gasteiger partial charge on any atom is 0.222 e. The number of ether oxygens (including phenoxy) is 1. The van der Waals surface area contributed by atoms with Crippen molar-refractivity contribution in [1.29, 1.82) is 0 Å². The molecule has 0 saturated carbocycles. The maximum absolute atomic E-state index is 11.8. The van der Waals surface area contributed by atoms with Crippen molar-refractivity contribution < 1.29 is 9.53 Å². The van der Waals surface area contributed by atoms with Crippen molar-refractivity contribution in [1.82, 2.24) is 4.90 Å². The zero-order chi connectivity index (χ0) is 12.3. The van der Waals surface area contributed by atoms with Crippen molar-refractivity contribution in [3.8, 4) is 5.75 Å². The predicted molar refractivity (Wildman–Crippen MR) is 67.0 cm³/mol. The van der Waals surface area contributed by atoms with E-state index in [1.54, 1.807) is 7.11 Å². The number of hydrogen-bond acceptors (Lipinski definition) is 2. The molecule has 1 aliphatic heterocycles. The highest BCUT2D eigenvalue weighted by Gasteiger charge is 2.20. The standard InChI is InChI=1S/C14H19NO2/c1-3-4-14(16)15-8-7-11-9-13(17-2)6-5-12(11)10-15/h5-6,9H,3-4,7-8,10H2,1-2H3. The van der Waals surface area contributed by atoms with Gasteiger partial charge in [0, 0.05) is 19.5 Å². The van der Waals surface area contributed by atoms with E-state index in [0.29, 0.717) is 6.42 Å². The van der Waals surface area contributed by atoms with E-state index in [0.717, 1.165) is 31.7 Å². The Labute approximate surface area is 102 Å². The molecule has 92 valence electrons. The van der Waals surface area contributed by atoms with Gasteiger partial charge in [0.25, 0.3) is 0 Å². The highest BCUT2D eigenvalue weighted by Crippen LogP contribution is 2.24. The van der Waals surface area contributed by atoms with E-state index >= 15 is 0 Å². The molecule has 0 aliphatic carbocycles. The molecule has 1 aliphatic rings. The van der Waals surface area contributed by atoms with E-state index in [-0.39, 0.29) is 5.91 Å². The number of benzene rings is 1. The minimum absolute atomic E-state index is 0.272. The quantitative estimate of drug-likeness (QED) is 0.802. The normalized spacial score (nSPS) is 14.4. The van der Waals surface area contributed by atoms with Crippen LogP contribution in [0.2, 0.25) is 0 Å². The number of carbonyl (C=O) groups excluding carboxylic acids is 1. The van der Waals surface area contributed by atoms with Gasteiger partial charge in [-0.1, -0.05) is 13.0 Å². The Hall–Kier alpha value is -1.51. The number of rotatable bonds is 3. The molecule has 1 aromatic rings. The van der Waals surface area contributed by atoms with E-state index in [9.17, 15) is 4.79 Å². The monoisotopic (exact) mass is 233 g/mol. The number of nitrogens with zero attached hydrogens (tertiary/aromatic N) is 1. The lowest BCUT2D eigenvalue weighted by atomic mass is 9.99. The molecule has 3 heteroatoms. The summed E-state index contributed by atoms with van der Waals surface area (Å²) >= 11 is 0. The summed E-state index contributed by atoms with van der Waals surface area (Å²) in [6, 6.07) is 6.11. The van der Waals surface area contributed by atoms with Crippen LogP contribution in [0.25, 0.3) is 0 Å². The molecular formula is C14H19NO2. The largest absolute Gasteiger partial charge is 0.497 e. The molecule has 0 fully saturated rings. The van der Waals surface area contributed by atoms with E-state index in [1.165, 1.54) is 11.1 Å². The number of amides is 1. The van der Waals surface area contributed by atoms with Crippen LogP contribution in [0.5, 0.6) is 5.75 Å². The highest BCUT2D eigenvalue weighted by molar-refractivity contribution is 5.76. The summed E-state index contributed by atoms with van der Waals surface area (Å²) in [5.74, 6) is 1.17. The molecule has 0 bridgehead atoms. The average Bonchev–Trinajstić information content (AvgIpc) is 2.37. The molecule has 0 aromatic heterocycles. The fourth-order valence-electron chi connectivity index (χ4n) is 2.24. The third kappa shape index (κ3) is 2.60. The Balaban J connectivity index is 2.11. The Kier molecular flexibility index (Phi) is 3.67. The number of fused-ring (bicyclic) bond motifs is 1. The lowest BCUT2D eigenvalue weighted by molar-refractivity contribution is -0.132. The van der Waals surface area contributed by atoms with Gasteiger partial charge in [0.2, 0.25) is 5.91 Å². The summed E-state index contributed by atoms with van der Waals surface area (Å²) in [5.41, 5.74) is 2.56. The van der Waals surface area contributed by atoms with Gasteiger partial charge in [0.1, 0.15) is 5.75 Å². The van der Waals surface area contributed by atoms with Gasteiger partial charge in [0.05, 0.1) is 7.11 Å². The number of methoxy groups -OCH3 is 1. The second-order valence-corrected chi connectivity index (χ2v) is 4.45. The first kappa shape index (κ1) is 12.0. The molecule has 0 N–H and O–H groups in total. The molecular weight excluding hydrogens is 214 g/mol. The molecule has 0 spiro atoms. The van der Waals surface area contributed by atoms with E-state index in [4.69, 9.17) is 4.74 Å². The van der Waals surface area contributed by atoms with E-state index in [1.807, 2.05) is 17.9 Å².